The van der Waals surface area contributed by atoms with Gasteiger partial charge in [0.25, 0.3) is 0 Å². The van der Waals surface area contributed by atoms with Crippen LogP contribution in [-0.2, 0) is 12.8 Å². The molecule has 17 heavy (non-hydrogen) atoms. The summed E-state index contributed by atoms with van der Waals surface area (Å²) < 4.78 is 0. The molecule has 0 fully saturated rings. The van der Waals surface area contributed by atoms with Gasteiger partial charge in [-0.3, -0.25) is 4.98 Å². The van der Waals surface area contributed by atoms with Crippen LogP contribution in [0.15, 0.2) is 30.5 Å². The van der Waals surface area contributed by atoms with Crippen LogP contribution in [0.25, 0.3) is 11.1 Å². The van der Waals surface area contributed by atoms with Gasteiger partial charge in [-0.1, -0.05) is 24.3 Å². The van der Waals surface area contributed by atoms with Gasteiger partial charge in [0.1, 0.15) is 6.07 Å². The minimum Gasteiger partial charge on any atom is -0.260 e. The molecule has 2 heteroatoms. The van der Waals surface area contributed by atoms with Crippen LogP contribution in [0.4, 0.5) is 0 Å². The highest BCUT2D eigenvalue weighted by atomic mass is 14.7. The molecule has 0 radical (unpaired) electrons. The summed E-state index contributed by atoms with van der Waals surface area (Å²) in [5, 5.41) is 9.31. The lowest BCUT2D eigenvalue weighted by Crippen LogP contribution is -2.07. The zero-order valence-corrected chi connectivity index (χ0v) is 9.70. The topological polar surface area (TPSA) is 36.7 Å². The molecule has 1 heterocycles. The molecule has 0 atom stereocenters. The first-order chi connectivity index (χ1) is 8.31. The fourth-order valence-corrected chi connectivity index (χ4v) is 2.53. The molecule has 0 aliphatic heterocycles. The van der Waals surface area contributed by atoms with Gasteiger partial charge in [-0.2, -0.15) is 5.26 Å². The summed E-state index contributed by atoms with van der Waals surface area (Å²) in [6, 6.07) is 10.6. The number of hydrogen-bond acceptors (Lipinski definition) is 2. The van der Waals surface area contributed by atoms with Gasteiger partial charge in [0.05, 0.1) is 11.3 Å². The molecule has 1 aliphatic rings. The summed E-state index contributed by atoms with van der Waals surface area (Å²) in [5.41, 5.74) is 6.39. The Kier molecular flexibility index (Phi) is 2.19. The van der Waals surface area contributed by atoms with Crippen LogP contribution >= 0.6 is 0 Å². The van der Waals surface area contributed by atoms with E-state index in [1.54, 1.807) is 0 Å². The molecule has 0 unspecified atom stereocenters. The van der Waals surface area contributed by atoms with E-state index < -0.39 is 0 Å². The zero-order chi connectivity index (χ0) is 11.8. The molecule has 2 aromatic rings. The van der Waals surface area contributed by atoms with Crippen LogP contribution in [0.2, 0.25) is 0 Å². The van der Waals surface area contributed by atoms with E-state index in [0.29, 0.717) is 0 Å². The van der Waals surface area contributed by atoms with E-state index in [4.69, 9.17) is 0 Å². The minimum atomic E-state index is 0.731. The number of hydrogen-bond donors (Lipinski definition) is 0. The molecule has 0 amide bonds. The Balaban J connectivity index is 2.38. The van der Waals surface area contributed by atoms with E-state index in [1.807, 2.05) is 19.2 Å². The van der Waals surface area contributed by atoms with Crippen molar-refractivity contribution in [2.45, 2.75) is 19.8 Å². The van der Waals surface area contributed by atoms with E-state index in [1.165, 1.54) is 16.7 Å². The number of pyridine rings is 1. The van der Waals surface area contributed by atoms with Gasteiger partial charge in [-0.05, 0) is 36.5 Å². The van der Waals surface area contributed by atoms with Gasteiger partial charge in [-0.25, -0.2) is 0 Å². The molecule has 1 aliphatic carbocycles. The average Bonchev–Trinajstić information content (AvgIpc) is 2.38. The molecule has 0 bridgehead atoms. The Morgan fingerprint density at radius 2 is 1.94 bits per heavy atom. The van der Waals surface area contributed by atoms with E-state index in [-0.39, 0.29) is 0 Å². The van der Waals surface area contributed by atoms with E-state index in [9.17, 15) is 5.26 Å². The maximum absolute atomic E-state index is 9.31. The van der Waals surface area contributed by atoms with E-state index in [2.05, 4.69) is 29.3 Å². The summed E-state index contributed by atoms with van der Waals surface area (Å²) in [7, 11) is 0. The predicted octanol–water partition coefficient (Wildman–Crippen LogP) is 3.03. The number of fused-ring (bicyclic) bond motifs is 3. The quantitative estimate of drug-likeness (QED) is 0.684. The second kappa shape index (κ2) is 3.71. The van der Waals surface area contributed by atoms with Crippen molar-refractivity contribution >= 4 is 0 Å². The van der Waals surface area contributed by atoms with E-state index in [0.717, 1.165) is 29.7 Å². The molecule has 82 valence electrons. The summed E-state index contributed by atoms with van der Waals surface area (Å²) in [5.74, 6) is 0. The third-order valence-electron chi connectivity index (χ3n) is 3.41. The number of aryl methyl sites for hydroxylation is 3. The van der Waals surface area contributed by atoms with E-state index >= 15 is 0 Å². The third kappa shape index (κ3) is 1.43. The summed E-state index contributed by atoms with van der Waals surface area (Å²) in [6.07, 6.45) is 3.94. The number of nitrogens with zero attached hydrogens (tertiary/aromatic N) is 2. The molecular formula is C15H12N2. The van der Waals surface area contributed by atoms with Crippen LogP contribution in [0, 0.1) is 18.3 Å². The first kappa shape index (κ1) is 10.0. The highest BCUT2D eigenvalue weighted by Gasteiger charge is 2.20. The highest BCUT2D eigenvalue weighted by Crippen LogP contribution is 2.36. The maximum Gasteiger partial charge on any atom is 0.102 e. The molecule has 0 N–H and O–H groups in total. The van der Waals surface area contributed by atoms with Crippen molar-refractivity contribution in [3.63, 3.8) is 0 Å². The molecule has 3 rings (SSSR count). The third-order valence-corrected chi connectivity index (χ3v) is 3.41. The summed E-state index contributed by atoms with van der Waals surface area (Å²) in [6.45, 7) is 1.90. The van der Waals surface area contributed by atoms with Gasteiger partial charge in [0.2, 0.25) is 0 Å². The van der Waals surface area contributed by atoms with Gasteiger partial charge in [0, 0.05) is 11.8 Å². The SMILES string of the molecule is Cc1ncc2c(c1C#N)-c1ccccc1CC2. The molecule has 0 saturated carbocycles. The first-order valence-corrected chi connectivity index (χ1v) is 5.78. The lowest BCUT2D eigenvalue weighted by atomic mass is 9.84. The Labute approximate surface area is 101 Å². The molecule has 1 aromatic heterocycles. The van der Waals surface area contributed by atoms with Crippen LogP contribution in [0.1, 0.15) is 22.4 Å². The lowest BCUT2D eigenvalue weighted by molar-refractivity contribution is 0.924. The second-order valence-corrected chi connectivity index (χ2v) is 4.39. The van der Waals surface area contributed by atoms with Gasteiger partial charge in [-0.15, -0.1) is 0 Å². The zero-order valence-electron chi connectivity index (χ0n) is 9.70. The van der Waals surface area contributed by atoms with Crippen molar-refractivity contribution in [1.29, 1.82) is 5.26 Å². The fourth-order valence-electron chi connectivity index (χ4n) is 2.53. The Hall–Kier alpha value is -2.14. The maximum atomic E-state index is 9.31. The van der Waals surface area contributed by atoms with Crippen molar-refractivity contribution in [2.24, 2.45) is 0 Å². The largest absolute Gasteiger partial charge is 0.260 e. The second-order valence-electron chi connectivity index (χ2n) is 4.39. The normalized spacial score (nSPS) is 12.5. The van der Waals surface area contributed by atoms with Crippen molar-refractivity contribution in [2.75, 3.05) is 0 Å². The molecular weight excluding hydrogens is 208 g/mol. The van der Waals surface area contributed by atoms with Crippen molar-refractivity contribution in [3.8, 4) is 17.2 Å². The average molecular weight is 220 g/mol. The Morgan fingerprint density at radius 3 is 2.76 bits per heavy atom. The number of aromatic nitrogens is 1. The Bertz CT molecular complexity index is 636. The molecule has 2 nitrogen and oxygen atoms in total. The van der Waals surface area contributed by atoms with Gasteiger partial charge < -0.3 is 0 Å². The fraction of sp³-hybridized carbons (Fsp3) is 0.200. The van der Waals surface area contributed by atoms with Gasteiger partial charge >= 0.3 is 0 Å². The van der Waals surface area contributed by atoms with Gasteiger partial charge in [0.15, 0.2) is 0 Å². The molecule has 0 saturated heterocycles. The monoisotopic (exact) mass is 220 g/mol. The van der Waals surface area contributed by atoms with Crippen molar-refractivity contribution in [3.05, 3.63) is 52.8 Å². The van der Waals surface area contributed by atoms with Crippen LogP contribution in [0.3, 0.4) is 0 Å². The number of benzene rings is 1. The highest BCUT2D eigenvalue weighted by molar-refractivity contribution is 5.78. The van der Waals surface area contributed by atoms with Crippen LogP contribution in [-0.4, -0.2) is 4.98 Å². The predicted molar refractivity (Wildman–Crippen MR) is 66.5 cm³/mol. The lowest BCUT2D eigenvalue weighted by Gasteiger charge is -2.21. The first-order valence-electron chi connectivity index (χ1n) is 5.78. The standard InChI is InChI=1S/C15H12N2/c1-10-14(8-16)15-12(9-17-10)7-6-11-4-2-3-5-13(11)15/h2-5,9H,6-7H2,1H3. The van der Waals surface area contributed by atoms with Crippen LogP contribution in [0.5, 0.6) is 0 Å². The number of rotatable bonds is 0. The van der Waals surface area contributed by atoms with Crippen molar-refractivity contribution < 1.29 is 0 Å². The molecule has 0 spiro atoms. The minimum absolute atomic E-state index is 0.731. The Morgan fingerprint density at radius 1 is 1.18 bits per heavy atom. The summed E-state index contributed by atoms with van der Waals surface area (Å²) >= 11 is 0. The smallest absolute Gasteiger partial charge is 0.102 e. The number of nitriles is 1. The summed E-state index contributed by atoms with van der Waals surface area (Å²) in [4.78, 5) is 4.31. The van der Waals surface area contributed by atoms with Crippen molar-refractivity contribution in [1.82, 2.24) is 4.98 Å². The van der Waals surface area contributed by atoms with Crippen LogP contribution < -0.4 is 0 Å². The molecule has 1 aromatic carbocycles.